The largest absolute Gasteiger partial charge is 0.357 e. The second-order valence-electron chi connectivity index (χ2n) is 6.10. The van der Waals surface area contributed by atoms with Gasteiger partial charge in [-0.25, -0.2) is 13.1 Å². The van der Waals surface area contributed by atoms with Crippen molar-refractivity contribution in [3.05, 3.63) is 35.9 Å². The molecule has 0 bridgehead atoms. The molecule has 1 aromatic rings. The second-order valence-corrected chi connectivity index (χ2v) is 7.93. The number of hydrogen-bond acceptors (Lipinski definition) is 3. The molecule has 1 saturated heterocycles. The smallest absolute Gasteiger partial charge is 0.208 e. The Kier molecular flexibility index (Phi) is 9.73. The number of hydrogen-bond donors (Lipinski definition) is 2. The summed E-state index contributed by atoms with van der Waals surface area (Å²) < 4.78 is 24.6. The van der Waals surface area contributed by atoms with Crippen LogP contribution in [0, 0.1) is 0 Å². The van der Waals surface area contributed by atoms with E-state index in [0.29, 0.717) is 25.4 Å². The van der Waals surface area contributed by atoms with Gasteiger partial charge >= 0.3 is 0 Å². The maximum atomic E-state index is 11.0. The third-order valence-electron chi connectivity index (χ3n) is 4.05. The molecule has 0 aliphatic carbocycles. The van der Waals surface area contributed by atoms with Gasteiger partial charge in [0.15, 0.2) is 5.96 Å². The Morgan fingerprint density at radius 1 is 1.32 bits per heavy atom. The number of aliphatic imine (C=N–C) groups is 1. The van der Waals surface area contributed by atoms with E-state index in [9.17, 15) is 8.42 Å². The Balaban J connectivity index is 0.00000312. The van der Waals surface area contributed by atoms with E-state index in [1.807, 2.05) is 6.07 Å². The summed E-state index contributed by atoms with van der Waals surface area (Å²) >= 11 is 0. The minimum absolute atomic E-state index is 0. The summed E-state index contributed by atoms with van der Waals surface area (Å²) in [5.74, 6) is 1.47. The van der Waals surface area contributed by atoms with Crippen molar-refractivity contribution in [3.8, 4) is 0 Å². The summed E-state index contributed by atoms with van der Waals surface area (Å²) in [5, 5.41) is 3.34. The van der Waals surface area contributed by atoms with Crippen molar-refractivity contribution in [2.24, 2.45) is 4.99 Å². The third-order valence-corrected chi connectivity index (χ3v) is 4.78. The molecule has 2 rings (SSSR count). The van der Waals surface area contributed by atoms with Gasteiger partial charge in [0.1, 0.15) is 0 Å². The molecule has 0 amide bonds. The highest BCUT2D eigenvalue weighted by molar-refractivity contribution is 14.0. The quantitative estimate of drug-likeness (QED) is 0.271. The summed E-state index contributed by atoms with van der Waals surface area (Å²) in [6, 6.07) is 10.6. The minimum Gasteiger partial charge on any atom is -0.357 e. The fourth-order valence-corrected chi connectivity index (χ4v) is 3.41. The summed E-state index contributed by atoms with van der Waals surface area (Å²) in [6.07, 6.45) is 3.00. The van der Waals surface area contributed by atoms with Crippen molar-refractivity contribution < 1.29 is 8.42 Å². The van der Waals surface area contributed by atoms with Crippen LogP contribution in [0.25, 0.3) is 0 Å². The molecule has 25 heavy (non-hydrogen) atoms. The highest BCUT2D eigenvalue weighted by Crippen LogP contribution is 2.26. The molecule has 142 valence electrons. The van der Waals surface area contributed by atoms with Crippen molar-refractivity contribution in [2.75, 3.05) is 39.0 Å². The lowest BCUT2D eigenvalue weighted by Crippen LogP contribution is -2.40. The van der Waals surface area contributed by atoms with Crippen LogP contribution in [0.4, 0.5) is 0 Å². The van der Waals surface area contributed by atoms with Gasteiger partial charge in [-0.2, -0.15) is 0 Å². The van der Waals surface area contributed by atoms with Crippen LogP contribution < -0.4 is 10.0 Å². The summed E-state index contributed by atoms with van der Waals surface area (Å²) in [4.78, 5) is 6.94. The van der Waals surface area contributed by atoms with Crippen LogP contribution in [-0.2, 0) is 10.0 Å². The number of nitrogens with zero attached hydrogens (tertiary/aromatic N) is 2. The van der Waals surface area contributed by atoms with Crippen LogP contribution in [-0.4, -0.2) is 58.3 Å². The first kappa shape index (κ1) is 22.2. The Morgan fingerprint density at radius 2 is 2.04 bits per heavy atom. The lowest BCUT2D eigenvalue weighted by Gasteiger charge is -2.21. The summed E-state index contributed by atoms with van der Waals surface area (Å²) in [6.45, 7) is 5.88. The molecular formula is C17H29IN4O2S. The maximum Gasteiger partial charge on any atom is 0.208 e. The van der Waals surface area contributed by atoms with Gasteiger partial charge in [-0.05, 0) is 25.3 Å². The molecule has 0 spiro atoms. The van der Waals surface area contributed by atoms with Gasteiger partial charge in [0.05, 0.1) is 6.26 Å². The van der Waals surface area contributed by atoms with Gasteiger partial charge in [-0.1, -0.05) is 30.3 Å². The van der Waals surface area contributed by atoms with Crippen molar-refractivity contribution in [3.63, 3.8) is 0 Å². The van der Waals surface area contributed by atoms with Crippen molar-refractivity contribution in [1.29, 1.82) is 0 Å². The maximum absolute atomic E-state index is 11.0. The molecule has 8 heteroatoms. The van der Waals surface area contributed by atoms with Crippen LogP contribution >= 0.6 is 24.0 Å². The molecule has 0 radical (unpaired) electrons. The number of rotatable bonds is 7. The monoisotopic (exact) mass is 480 g/mol. The number of likely N-dealkylation sites (tertiary alicyclic amines) is 1. The molecule has 1 atom stereocenters. The molecule has 1 unspecified atom stereocenters. The predicted octanol–water partition coefficient (Wildman–Crippen LogP) is 2.00. The molecule has 1 fully saturated rings. The summed E-state index contributed by atoms with van der Waals surface area (Å²) in [5.41, 5.74) is 1.38. The van der Waals surface area contributed by atoms with E-state index in [2.05, 4.69) is 51.1 Å². The van der Waals surface area contributed by atoms with Gasteiger partial charge in [-0.3, -0.25) is 4.99 Å². The average molecular weight is 480 g/mol. The summed E-state index contributed by atoms with van der Waals surface area (Å²) in [7, 11) is -3.11. The topological polar surface area (TPSA) is 73.8 Å². The van der Waals surface area contributed by atoms with Gasteiger partial charge in [-0.15, -0.1) is 24.0 Å². The first-order valence-electron chi connectivity index (χ1n) is 8.52. The lowest BCUT2D eigenvalue weighted by molar-refractivity contribution is 0.485. The molecule has 2 N–H and O–H groups in total. The van der Waals surface area contributed by atoms with Crippen molar-refractivity contribution in [2.45, 2.75) is 25.7 Å². The Labute approximate surface area is 168 Å². The number of sulfonamides is 1. The Morgan fingerprint density at radius 3 is 2.68 bits per heavy atom. The number of halogens is 1. The lowest BCUT2D eigenvalue weighted by atomic mass is 9.99. The van der Waals surface area contributed by atoms with Gasteiger partial charge in [0.2, 0.25) is 10.0 Å². The van der Waals surface area contributed by atoms with Crippen LogP contribution in [0.15, 0.2) is 35.3 Å². The zero-order chi connectivity index (χ0) is 17.4. The highest BCUT2D eigenvalue weighted by atomic mass is 127. The molecule has 0 saturated carbocycles. The van der Waals surface area contributed by atoms with Crippen molar-refractivity contribution in [1.82, 2.24) is 14.9 Å². The molecule has 6 nitrogen and oxygen atoms in total. The second kappa shape index (κ2) is 11.0. The molecule has 0 aromatic heterocycles. The number of nitrogens with one attached hydrogen (secondary N) is 2. The van der Waals surface area contributed by atoms with E-state index in [1.54, 1.807) is 0 Å². The zero-order valence-electron chi connectivity index (χ0n) is 14.9. The zero-order valence-corrected chi connectivity index (χ0v) is 18.1. The predicted molar refractivity (Wildman–Crippen MR) is 114 cm³/mol. The molecular weight excluding hydrogens is 451 g/mol. The van der Waals surface area contributed by atoms with Gasteiger partial charge in [0, 0.05) is 38.6 Å². The Hall–Kier alpha value is -0.870. The average Bonchev–Trinajstić information content (AvgIpc) is 3.03. The van der Waals surface area contributed by atoms with Gasteiger partial charge < -0.3 is 10.2 Å². The van der Waals surface area contributed by atoms with E-state index in [1.165, 1.54) is 11.8 Å². The first-order chi connectivity index (χ1) is 11.5. The Bertz CT molecular complexity index is 637. The van der Waals surface area contributed by atoms with Crippen LogP contribution in [0.1, 0.15) is 31.2 Å². The fraction of sp³-hybridized carbons (Fsp3) is 0.588. The fourth-order valence-electron chi connectivity index (χ4n) is 2.90. The minimum atomic E-state index is -3.11. The number of guanidine groups is 1. The third kappa shape index (κ3) is 7.91. The highest BCUT2D eigenvalue weighted by Gasteiger charge is 2.25. The molecule has 1 aromatic carbocycles. The first-order valence-corrected chi connectivity index (χ1v) is 10.4. The standard InChI is InChI=1S/C17H28N4O2S.HI/c1-3-18-17(19-11-7-12-20-24(2,22)23)21-13-10-16(14-21)15-8-5-4-6-9-15;/h4-6,8-9,16,20H,3,7,10-14H2,1-2H3,(H,18,19);1H. The van der Waals surface area contributed by atoms with E-state index >= 15 is 0 Å². The normalized spacial score (nSPS) is 18.1. The van der Waals surface area contributed by atoms with E-state index < -0.39 is 10.0 Å². The molecule has 1 heterocycles. The van der Waals surface area contributed by atoms with E-state index in [-0.39, 0.29) is 24.0 Å². The van der Waals surface area contributed by atoms with Crippen LogP contribution in [0.2, 0.25) is 0 Å². The van der Waals surface area contributed by atoms with E-state index in [0.717, 1.165) is 32.0 Å². The number of benzene rings is 1. The SMILES string of the molecule is CCNC(=NCCCNS(C)(=O)=O)N1CCC(c2ccccc2)C1.I. The van der Waals surface area contributed by atoms with Crippen LogP contribution in [0.3, 0.4) is 0 Å². The van der Waals surface area contributed by atoms with Crippen LogP contribution in [0.5, 0.6) is 0 Å². The van der Waals surface area contributed by atoms with E-state index in [4.69, 9.17) is 0 Å². The molecule has 1 aliphatic heterocycles. The van der Waals surface area contributed by atoms with Gasteiger partial charge in [0.25, 0.3) is 0 Å². The van der Waals surface area contributed by atoms with Crippen molar-refractivity contribution >= 4 is 40.0 Å². The molecule has 1 aliphatic rings.